The number of anilines is 2. The smallest absolute Gasteiger partial charge is 0.264 e. The molecule has 6 rings (SSSR count). The Morgan fingerprint density at radius 2 is 1.57 bits per heavy atom. The first-order chi connectivity index (χ1) is 14.7. The fraction of sp³-hybridized carbons (Fsp3) is 0.115. The van der Waals surface area contributed by atoms with Crippen LogP contribution in [0, 0.1) is 6.92 Å². The summed E-state index contributed by atoms with van der Waals surface area (Å²) >= 11 is 0. The van der Waals surface area contributed by atoms with E-state index in [1.54, 1.807) is 0 Å². The molecule has 3 aromatic carbocycles. The lowest BCUT2D eigenvalue weighted by atomic mass is 9.85. The molecule has 1 atom stereocenters. The lowest BCUT2D eigenvalue weighted by Gasteiger charge is -2.37. The summed E-state index contributed by atoms with van der Waals surface area (Å²) in [5, 5.41) is 3.63. The normalized spacial score (nSPS) is 18.7. The number of nitrogens with zero attached hydrogens (tertiary/aromatic N) is 2. The highest BCUT2D eigenvalue weighted by atomic mass is 16.2. The van der Waals surface area contributed by atoms with Gasteiger partial charge in [0.05, 0.1) is 29.3 Å². The number of amides is 1. The third kappa shape index (κ3) is 2.19. The molecule has 1 unspecified atom stereocenters. The number of para-hydroxylation sites is 3. The molecule has 1 spiro atoms. The summed E-state index contributed by atoms with van der Waals surface area (Å²) in [6.07, 6.45) is 2.04. The van der Waals surface area contributed by atoms with Gasteiger partial charge in [-0.15, -0.1) is 0 Å². The van der Waals surface area contributed by atoms with Gasteiger partial charge in [-0.25, -0.2) is 0 Å². The van der Waals surface area contributed by atoms with Gasteiger partial charge in [-0.2, -0.15) is 0 Å². The van der Waals surface area contributed by atoms with Crippen LogP contribution in [-0.4, -0.2) is 10.5 Å². The van der Waals surface area contributed by atoms with Crippen LogP contribution in [0.15, 0.2) is 91.1 Å². The lowest BCUT2D eigenvalue weighted by molar-refractivity contribution is -0.121. The quantitative estimate of drug-likeness (QED) is 0.522. The van der Waals surface area contributed by atoms with Gasteiger partial charge in [0.15, 0.2) is 5.54 Å². The summed E-state index contributed by atoms with van der Waals surface area (Å²) in [5.74, 6) is 0.0544. The molecule has 0 saturated heterocycles. The standard InChI is InChI=1S/C26H21N3O/c1-18-12-14-19(15-13-18)17-29-22-9-4-2-7-20(22)26(25(29)30)24-11-6-16-28(24)23-10-5-3-8-21(23)27-26/h2-16,27H,17H2,1H3. The van der Waals surface area contributed by atoms with Gasteiger partial charge in [0.1, 0.15) is 0 Å². The third-order valence-electron chi connectivity index (χ3n) is 6.24. The first-order valence-electron chi connectivity index (χ1n) is 10.2. The molecule has 1 amide bonds. The van der Waals surface area contributed by atoms with Crippen LogP contribution in [0.4, 0.5) is 11.4 Å². The maximum absolute atomic E-state index is 14.1. The van der Waals surface area contributed by atoms with E-state index < -0.39 is 5.54 Å². The van der Waals surface area contributed by atoms with Crippen molar-refractivity contribution in [3.05, 3.63) is 114 Å². The van der Waals surface area contributed by atoms with Crippen molar-refractivity contribution in [2.24, 2.45) is 0 Å². The highest BCUT2D eigenvalue weighted by Gasteiger charge is 2.55. The van der Waals surface area contributed by atoms with Crippen LogP contribution in [0.25, 0.3) is 5.69 Å². The fourth-order valence-electron chi connectivity index (χ4n) is 4.81. The minimum atomic E-state index is -0.931. The van der Waals surface area contributed by atoms with E-state index in [9.17, 15) is 4.79 Å². The van der Waals surface area contributed by atoms with Gasteiger partial charge in [-0.1, -0.05) is 60.2 Å². The number of hydrogen-bond acceptors (Lipinski definition) is 2. The van der Waals surface area contributed by atoms with Gasteiger partial charge >= 0.3 is 0 Å². The van der Waals surface area contributed by atoms with E-state index in [0.29, 0.717) is 6.54 Å². The molecule has 146 valence electrons. The summed E-state index contributed by atoms with van der Waals surface area (Å²) in [6.45, 7) is 2.62. The molecule has 1 aromatic heterocycles. The van der Waals surface area contributed by atoms with Gasteiger partial charge < -0.3 is 14.8 Å². The van der Waals surface area contributed by atoms with Crippen molar-refractivity contribution >= 4 is 17.3 Å². The maximum Gasteiger partial charge on any atom is 0.264 e. The Kier molecular flexibility index (Phi) is 3.48. The Labute approximate surface area is 175 Å². The minimum Gasteiger partial charge on any atom is -0.361 e. The number of aromatic nitrogens is 1. The topological polar surface area (TPSA) is 37.3 Å². The SMILES string of the molecule is Cc1ccc(CN2C(=O)C3(Nc4ccccc4-n4cccc43)c3ccccc32)cc1. The summed E-state index contributed by atoms with van der Waals surface area (Å²) in [7, 11) is 0. The van der Waals surface area contributed by atoms with E-state index in [1.807, 2.05) is 59.6 Å². The number of hydrogen-bond donors (Lipinski definition) is 1. The number of rotatable bonds is 2. The largest absolute Gasteiger partial charge is 0.361 e. The van der Waals surface area contributed by atoms with E-state index >= 15 is 0 Å². The Balaban J connectivity index is 1.54. The van der Waals surface area contributed by atoms with Gasteiger partial charge in [-0.3, -0.25) is 4.79 Å². The number of fused-ring (bicyclic) bond motifs is 6. The van der Waals surface area contributed by atoms with Crippen molar-refractivity contribution in [3.63, 3.8) is 0 Å². The summed E-state index contributed by atoms with van der Waals surface area (Å²) in [5.41, 5.74) is 6.33. The zero-order chi connectivity index (χ0) is 20.3. The molecule has 2 aliphatic rings. The monoisotopic (exact) mass is 391 g/mol. The van der Waals surface area contributed by atoms with Gasteiger partial charge in [0, 0.05) is 11.8 Å². The molecular weight excluding hydrogens is 370 g/mol. The molecule has 0 radical (unpaired) electrons. The van der Waals surface area contributed by atoms with Crippen LogP contribution in [0.1, 0.15) is 22.4 Å². The van der Waals surface area contributed by atoms with Gasteiger partial charge in [0.25, 0.3) is 5.91 Å². The molecule has 0 bridgehead atoms. The highest BCUT2D eigenvalue weighted by Crippen LogP contribution is 2.50. The number of benzene rings is 3. The Morgan fingerprint density at radius 1 is 0.833 bits per heavy atom. The van der Waals surface area contributed by atoms with E-state index in [2.05, 4.69) is 53.2 Å². The molecule has 4 nitrogen and oxygen atoms in total. The minimum absolute atomic E-state index is 0.0544. The first-order valence-corrected chi connectivity index (χ1v) is 10.2. The second kappa shape index (κ2) is 6.10. The summed E-state index contributed by atoms with van der Waals surface area (Å²) < 4.78 is 2.13. The number of carbonyl (C=O) groups is 1. The molecule has 2 aliphatic heterocycles. The molecule has 3 heterocycles. The van der Waals surface area contributed by atoms with Crippen LogP contribution in [-0.2, 0) is 16.9 Å². The molecule has 1 N–H and O–H groups in total. The van der Waals surface area contributed by atoms with Crippen molar-refractivity contribution in [3.8, 4) is 5.69 Å². The average molecular weight is 391 g/mol. The van der Waals surface area contributed by atoms with E-state index in [1.165, 1.54) is 5.56 Å². The van der Waals surface area contributed by atoms with E-state index in [0.717, 1.165) is 33.9 Å². The number of aryl methyl sites for hydroxylation is 1. The maximum atomic E-state index is 14.1. The van der Waals surface area contributed by atoms with Crippen molar-refractivity contribution in [2.45, 2.75) is 19.0 Å². The van der Waals surface area contributed by atoms with Crippen molar-refractivity contribution in [1.82, 2.24) is 4.57 Å². The van der Waals surface area contributed by atoms with Crippen LogP contribution in [0.3, 0.4) is 0 Å². The van der Waals surface area contributed by atoms with Crippen LogP contribution < -0.4 is 10.2 Å². The molecule has 0 saturated carbocycles. The second-order valence-corrected chi connectivity index (χ2v) is 8.05. The molecular formula is C26H21N3O. The predicted octanol–water partition coefficient (Wildman–Crippen LogP) is 5.00. The second-order valence-electron chi connectivity index (χ2n) is 8.05. The Hall–Kier alpha value is -3.79. The molecule has 30 heavy (non-hydrogen) atoms. The Bertz CT molecular complexity index is 1290. The van der Waals surface area contributed by atoms with Crippen LogP contribution >= 0.6 is 0 Å². The van der Waals surface area contributed by atoms with Crippen molar-refractivity contribution in [2.75, 3.05) is 10.2 Å². The van der Waals surface area contributed by atoms with Crippen molar-refractivity contribution < 1.29 is 4.79 Å². The Morgan fingerprint density at radius 3 is 2.40 bits per heavy atom. The van der Waals surface area contributed by atoms with Gasteiger partial charge in [-0.05, 0) is 42.8 Å². The first kappa shape index (κ1) is 17.1. The summed E-state index contributed by atoms with van der Waals surface area (Å²) in [6, 6.07) is 28.7. The number of nitrogens with one attached hydrogen (secondary N) is 1. The molecule has 0 aliphatic carbocycles. The molecule has 4 heteroatoms. The van der Waals surface area contributed by atoms with Gasteiger partial charge in [0.2, 0.25) is 0 Å². The third-order valence-corrected chi connectivity index (χ3v) is 6.24. The lowest BCUT2D eigenvalue weighted by Crippen LogP contribution is -2.49. The zero-order valence-electron chi connectivity index (χ0n) is 16.7. The molecule has 4 aromatic rings. The fourth-order valence-corrected chi connectivity index (χ4v) is 4.81. The van der Waals surface area contributed by atoms with Crippen LogP contribution in [0.2, 0.25) is 0 Å². The average Bonchev–Trinajstić information content (AvgIpc) is 3.35. The van der Waals surface area contributed by atoms with Crippen molar-refractivity contribution in [1.29, 1.82) is 0 Å². The number of carbonyl (C=O) groups excluding carboxylic acids is 1. The predicted molar refractivity (Wildman–Crippen MR) is 119 cm³/mol. The zero-order valence-corrected chi connectivity index (χ0v) is 16.7. The van der Waals surface area contributed by atoms with E-state index in [4.69, 9.17) is 0 Å². The summed E-state index contributed by atoms with van der Waals surface area (Å²) in [4.78, 5) is 16.0. The van der Waals surface area contributed by atoms with Crippen LogP contribution in [0.5, 0.6) is 0 Å². The highest BCUT2D eigenvalue weighted by molar-refractivity contribution is 6.12. The van der Waals surface area contributed by atoms with E-state index in [-0.39, 0.29) is 5.91 Å². The molecule has 0 fully saturated rings.